The molecule has 1 N–H and O–H groups in total. The lowest BCUT2D eigenvalue weighted by Gasteiger charge is -2.08. The van der Waals surface area contributed by atoms with Crippen molar-refractivity contribution in [2.24, 2.45) is 0 Å². The van der Waals surface area contributed by atoms with Crippen LogP contribution in [0.3, 0.4) is 0 Å². The zero-order valence-corrected chi connectivity index (χ0v) is 15.5. The molecule has 142 valence electrons. The van der Waals surface area contributed by atoms with Crippen LogP contribution in [0.2, 0.25) is 0 Å². The normalized spacial score (nSPS) is 11.5. The molecule has 1 amide bonds. The molecule has 0 atom stereocenters. The summed E-state index contributed by atoms with van der Waals surface area (Å²) >= 11 is 0. The molecule has 0 spiro atoms. The number of rotatable bonds is 7. The van der Waals surface area contributed by atoms with E-state index < -0.39 is 10.0 Å². The largest absolute Gasteiger partial charge is 0.486 e. The summed E-state index contributed by atoms with van der Waals surface area (Å²) in [6.45, 7) is 0.0705. The molecule has 0 aliphatic rings. The zero-order chi connectivity index (χ0) is 19.4. The lowest BCUT2D eigenvalue weighted by atomic mass is 10.3. The molecular formula is C18H18N2O6S. The van der Waals surface area contributed by atoms with Gasteiger partial charge < -0.3 is 18.9 Å². The maximum Gasteiger partial charge on any atom is 0.291 e. The number of carbonyl (C=O) groups is 1. The van der Waals surface area contributed by atoms with Crippen LogP contribution in [0.15, 0.2) is 68.7 Å². The molecule has 3 aromatic rings. The molecule has 9 heteroatoms. The SMILES string of the molecule is CN(C)S(=O)(=O)c1ccc(COc2ccc(NC(=O)c3ccco3)cc2)o1. The summed E-state index contributed by atoms with van der Waals surface area (Å²) < 4.78 is 41.0. The Morgan fingerprint density at radius 3 is 2.48 bits per heavy atom. The summed E-state index contributed by atoms with van der Waals surface area (Å²) in [5.74, 6) is 0.792. The first-order valence-corrected chi connectivity index (χ1v) is 9.39. The highest BCUT2D eigenvalue weighted by Gasteiger charge is 2.21. The van der Waals surface area contributed by atoms with Crippen molar-refractivity contribution in [1.29, 1.82) is 0 Å². The second-order valence-corrected chi connectivity index (χ2v) is 7.84. The van der Waals surface area contributed by atoms with Crippen molar-refractivity contribution in [3.63, 3.8) is 0 Å². The smallest absolute Gasteiger partial charge is 0.291 e. The van der Waals surface area contributed by atoms with Crippen LogP contribution in [-0.4, -0.2) is 32.7 Å². The summed E-state index contributed by atoms with van der Waals surface area (Å²) in [6, 6.07) is 12.9. The molecule has 0 saturated carbocycles. The Morgan fingerprint density at radius 1 is 1.11 bits per heavy atom. The van der Waals surface area contributed by atoms with E-state index in [1.54, 1.807) is 42.5 Å². The predicted molar refractivity (Wildman–Crippen MR) is 97.0 cm³/mol. The molecule has 0 bridgehead atoms. The standard InChI is InChI=1S/C18H18N2O6S/c1-20(2)27(22,23)17-10-9-15(26-17)12-25-14-7-5-13(6-8-14)19-18(21)16-4-3-11-24-16/h3-11H,12H2,1-2H3,(H,19,21). The van der Waals surface area contributed by atoms with Crippen LogP contribution in [0.1, 0.15) is 16.3 Å². The van der Waals surface area contributed by atoms with Crippen molar-refractivity contribution in [3.8, 4) is 5.75 Å². The Bertz CT molecular complexity index is 1000. The fourth-order valence-electron chi connectivity index (χ4n) is 2.14. The van der Waals surface area contributed by atoms with Gasteiger partial charge in [-0.05, 0) is 48.5 Å². The van der Waals surface area contributed by atoms with Crippen LogP contribution in [0.5, 0.6) is 5.75 Å². The van der Waals surface area contributed by atoms with Crippen molar-refractivity contribution < 1.29 is 26.8 Å². The Kier molecular flexibility index (Phi) is 5.33. The van der Waals surface area contributed by atoms with E-state index in [0.29, 0.717) is 17.2 Å². The number of furan rings is 2. The topological polar surface area (TPSA) is 102 Å². The fraction of sp³-hybridized carbons (Fsp3) is 0.167. The summed E-state index contributed by atoms with van der Waals surface area (Å²) in [6.07, 6.45) is 1.43. The van der Waals surface area contributed by atoms with Gasteiger partial charge in [0.15, 0.2) is 5.76 Å². The molecule has 0 saturated heterocycles. The van der Waals surface area contributed by atoms with Crippen molar-refractivity contribution >= 4 is 21.6 Å². The van der Waals surface area contributed by atoms with Crippen LogP contribution >= 0.6 is 0 Å². The van der Waals surface area contributed by atoms with Gasteiger partial charge in [0.2, 0.25) is 5.09 Å². The highest BCUT2D eigenvalue weighted by Crippen LogP contribution is 2.20. The van der Waals surface area contributed by atoms with E-state index in [9.17, 15) is 13.2 Å². The van der Waals surface area contributed by atoms with Gasteiger partial charge in [-0.15, -0.1) is 0 Å². The lowest BCUT2D eigenvalue weighted by molar-refractivity contribution is 0.0996. The molecule has 0 fully saturated rings. The van der Waals surface area contributed by atoms with E-state index in [0.717, 1.165) is 4.31 Å². The number of hydrogen-bond acceptors (Lipinski definition) is 6. The van der Waals surface area contributed by atoms with Gasteiger partial charge in [-0.25, -0.2) is 12.7 Å². The number of nitrogens with zero attached hydrogens (tertiary/aromatic N) is 1. The van der Waals surface area contributed by atoms with Crippen LogP contribution in [0.25, 0.3) is 0 Å². The van der Waals surface area contributed by atoms with Gasteiger partial charge >= 0.3 is 0 Å². The predicted octanol–water partition coefficient (Wildman–Crippen LogP) is 2.95. The number of sulfonamides is 1. The zero-order valence-electron chi connectivity index (χ0n) is 14.7. The minimum Gasteiger partial charge on any atom is -0.486 e. The molecule has 8 nitrogen and oxygen atoms in total. The van der Waals surface area contributed by atoms with Gasteiger partial charge in [0.25, 0.3) is 15.9 Å². The summed E-state index contributed by atoms with van der Waals surface area (Å²) in [5.41, 5.74) is 0.584. The van der Waals surface area contributed by atoms with Gasteiger partial charge in [-0.2, -0.15) is 0 Å². The highest BCUT2D eigenvalue weighted by molar-refractivity contribution is 7.88. The molecule has 0 unspecified atom stereocenters. The molecule has 2 aromatic heterocycles. The van der Waals surface area contributed by atoms with Crippen molar-refractivity contribution in [2.45, 2.75) is 11.7 Å². The van der Waals surface area contributed by atoms with Crippen LogP contribution < -0.4 is 10.1 Å². The third-order valence-electron chi connectivity index (χ3n) is 3.61. The first-order chi connectivity index (χ1) is 12.9. The van der Waals surface area contributed by atoms with Gasteiger partial charge in [0.05, 0.1) is 6.26 Å². The number of ether oxygens (including phenoxy) is 1. The van der Waals surface area contributed by atoms with Crippen molar-refractivity contribution in [2.75, 3.05) is 19.4 Å². The minimum absolute atomic E-state index is 0.0705. The number of benzene rings is 1. The van der Waals surface area contributed by atoms with E-state index >= 15 is 0 Å². The number of hydrogen-bond donors (Lipinski definition) is 1. The summed E-state index contributed by atoms with van der Waals surface area (Å²) in [4.78, 5) is 11.9. The summed E-state index contributed by atoms with van der Waals surface area (Å²) in [7, 11) is -0.750. The molecule has 1 aromatic carbocycles. The third-order valence-corrected chi connectivity index (χ3v) is 5.30. The van der Waals surface area contributed by atoms with Gasteiger partial charge in [-0.3, -0.25) is 4.79 Å². The van der Waals surface area contributed by atoms with Crippen LogP contribution in [0.4, 0.5) is 5.69 Å². The maximum atomic E-state index is 12.0. The van der Waals surface area contributed by atoms with E-state index in [4.69, 9.17) is 13.6 Å². The lowest BCUT2D eigenvalue weighted by Crippen LogP contribution is -2.21. The molecule has 0 aliphatic heterocycles. The third kappa shape index (κ3) is 4.39. The Hall–Kier alpha value is -3.04. The Morgan fingerprint density at radius 2 is 1.85 bits per heavy atom. The van der Waals surface area contributed by atoms with E-state index in [1.165, 1.54) is 26.4 Å². The molecule has 0 aliphatic carbocycles. The molecular weight excluding hydrogens is 372 g/mol. The van der Waals surface area contributed by atoms with E-state index in [1.807, 2.05) is 0 Å². The van der Waals surface area contributed by atoms with Gasteiger partial charge in [-0.1, -0.05) is 0 Å². The van der Waals surface area contributed by atoms with Gasteiger partial charge in [0.1, 0.15) is 18.1 Å². The highest BCUT2D eigenvalue weighted by atomic mass is 32.2. The Labute approximate surface area is 156 Å². The first kappa shape index (κ1) is 18.7. The van der Waals surface area contributed by atoms with Crippen molar-refractivity contribution in [3.05, 3.63) is 66.3 Å². The van der Waals surface area contributed by atoms with Crippen LogP contribution in [0, 0.1) is 0 Å². The quantitative estimate of drug-likeness (QED) is 0.665. The second-order valence-electron chi connectivity index (χ2n) is 5.75. The molecule has 2 heterocycles. The maximum absolute atomic E-state index is 12.0. The number of nitrogens with one attached hydrogen (secondary N) is 1. The second kappa shape index (κ2) is 7.68. The Balaban J connectivity index is 1.58. The van der Waals surface area contributed by atoms with Crippen LogP contribution in [-0.2, 0) is 16.6 Å². The average Bonchev–Trinajstić information content (AvgIpc) is 3.33. The fourth-order valence-corrected chi connectivity index (χ4v) is 2.96. The summed E-state index contributed by atoms with van der Waals surface area (Å²) in [5, 5.41) is 2.56. The van der Waals surface area contributed by atoms with E-state index in [2.05, 4.69) is 5.32 Å². The molecule has 27 heavy (non-hydrogen) atoms. The minimum atomic E-state index is -3.61. The van der Waals surface area contributed by atoms with E-state index in [-0.39, 0.29) is 23.4 Å². The monoisotopic (exact) mass is 390 g/mol. The van der Waals surface area contributed by atoms with Gasteiger partial charge in [0, 0.05) is 19.8 Å². The van der Waals surface area contributed by atoms with Crippen molar-refractivity contribution in [1.82, 2.24) is 4.31 Å². The number of amides is 1. The molecule has 0 radical (unpaired) electrons. The first-order valence-electron chi connectivity index (χ1n) is 7.95. The molecule has 3 rings (SSSR count). The number of carbonyl (C=O) groups excluding carboxylic acids is 1. The number of anilines is 1. The average molecular weight is 390 g/mol.